The summed E-state index contributed by atoms with van der Waals surface area (Å²) in [4.78, 5) is 24.7. The number of hydrogen-bond donors (Lipinski definition) is 1. The largest absolute Gasteiger partial charge is 0.508 e. The average molecular weight is 535 g/mol. The Morgan fingerprint density at radius 2 is 1.32 bits per heavy atom. The lowest BCUT2D eigenvalue weighted by Crippen LogP contribution is -2.25. The third-order valence-electron chi connectivity index (χ3n) is 7.15. The van der Waals surface area contributed by atoms with E-state index in [1.54, 1.807) is 6.07 Å². The van der Waals surface area contributed by atoms with Crippen molar-refractivity contribution >= 4 is 11.9 Å². The molecule has 6 nitrogen and oxygen atoms in total. The summed E-state index contributed by atoms with van der Waals surface area (Å²) in [5, 5.41) is 11.1. The Bertz CT molecular complexity index is 843. The summed E-state index contributed by atoms with van der Waals surface area (Å²) in [7, 11) is 0. The smallest absolute Gasteiger partial charge is 0.306 e. The summed E-state index contributed by atoms with van der Waals surface area (Å²) in [6, 6.07) is 3.64. The summed E-state index contributed by atoms with van der Waals surface area (Å²) in [5.74, 6) is 0.439. The first-order valence-corrected chi connectivity index (χ1v) is 14.8. The lowest BCUT2D eigenvalue weighted by atomic mass is 9.76. The molecule has 0 radical (unpaired) electrons. The molecule has 0 spiro atoms. The van der Waals surface area contributed by atoms with Gasteiger partial charge in [0.15, 0.2) is 0 Å². The number of phenols is 1. The minimum Gasteiger partial charge on any atom is -0.508 e. The molecule has 1 N–H and O–H groups in total. The number of rotatable bonds is 20. The zero-order chi connectivity index (χ0) is 28.6. The standard InChI is InChI=1S/C32H54O6/c1-8-11-13-15-20-37-29(34)18-17-19-31(4,5)25-23-28(36-10-3)26(22-27(25)33)32(6,7)24-30(35)38-21-16-14-12-9-2/h22-23,33H,8-21,24H2,1-7H3. The van der Waals surface area contributed by atoms with E-state index in [0.717, 1.165) is 62.5 Å². The molecule has 38 heavy (non-hydrogen) atoms. The first-order valence-electron chi connectivity index (χ1n) is 14.8. The third kappa shape index (κ3) is 12.1. The molecule has 1 aromatic carbocycles. The van der Waals surface area contributed by atoms with Crippen LogP contribution in [0.25, 0.3) is 0 Å². The van der Waals surface area contributed by atoms with Gasteiger partial charge in [0.25, 0.3) is 0 Å². The number of esters is 2. The molecule has 0 saturated heterocycles. The van der Waals surface area contributed by atoms with Crippen molar-refractivity contribution in [2.45, 2.75) is 136 Å². The maximum Gasteiger partial charge on any atom is 0.306 e. The molecule has 1 aromatic rings. The summed E-state index contributed by atoms with van der Waals surface area (Å²) in [6.45, 7) is 15.7. The molecule has 0 aliphatic rings. The monoisotopic (exact) mass is 534 g/mol. The molecular weight excluding hydrogens is 480 g/mol. The number of aromatic hydroxyl groups is 1. The Labute approximate surface area is 231 Å². The Hall–Kier alpha value is -2.24. The van der Waals surface area contributed by atoms with Gasteiger partial charge < -0.3 is 19.3 Å². The lowest BCUT2D eigenvalue weighted by Gasteiger charge is -2.31. The van der Waals surface area contributed by atoms with Crippen molar-refractivity contribution in [1.82, 2.24) is 0 Å². The fourth-order valence-electron chi connectivity index (χ4n) is 4.73. The molecule has 0 bridgehead atoms. The predicted molar refractivity (Wildman–Crippen MR) is 154 cm³/mol. The van der Waals surface area contributed by atoms with Crippen LogP contribution in [0.2, 0.25) is 0 Å². The summed E-state index contributed by atoms with van der Waals surface area (Å²) < 4.78 is 16.8. The van der Waals surface area contributed by atoms with E-state index < -0.39 is 5.41 Å². The zero-order valence-electron chi connectivity index (χ0n) is 25.2. The maximum absolute atomic E-state index is 12.6. The third-order valence-corrected chi connectivity index (χ3v) is 7.15. The van der Waals surface area contributed by atoms with Crippen molar-refractivity contribution in [3.63, 3.8) is 0 Å². The van der Waals surface area contributed by atoms with Gasteiger partial charge in [-0.1, -0.05) is 80.1 Å². The Kier molecular flexibility index (Phi) is 15.4. The summed E-state index contributed by atoms with van der Waals surface area (Å²) >= 11 is 0. The van der Waals surface area contributed by atoms with Gasteiger partial charge in [-0.2, -0.15) is 0 Å². The number of unbranched alkanes of at least 4 members (excludes halogenated alkanes) is 6. The van der Waals surface area contributed by atoms with E-state index in [4.69, 9.17) is 14.2 Å². The van der Waals surface area contributed by atoms with E-state index in [1.165, 1.54) is 0 Å². The molecule has 218 valence electrons. The molecule has 0 aromatic heterocycles. The van der Waals surface area contributed by atoms with Crippen LogP contribution in [0.5, 0.6) is 11.5 Å². The van der Waals surface area contributed by atoms with Crippen LogP contribution in [-0.4, -0.2) is 36.9 Å². The number of hydrogen-bond acceptors (Lipinski definition) is 6. The molecule has 0 fully saturated rings. The van der Waals surface area contributed by atoms with Crippen LogP contribution in [0, 0.1) is 0 Å². The van der Waals surface area contributed by atoms with E-state index >= 15 is 0 Å². The zero-order valence-corrected chi connectivity index (χ0v) is 25.2. The van der Waals surface area contributed by atoms with E-state index in [1.807, 2.05) is 26.8 Å². The average Bonchev–Trinajstić information content (AvgIpc) is 2.84. The van der Waals surface area contributed by atoms with E-state index in [9.17, 15) is 14.7 Å². The SMILES string of the molecule is CCCCCCOC(=O)CCCC(C)(C)c1cc(OCC)c(C(C)(C)CC(=O)OCCCCCC)cc1O. The maximum atomic E-state index is 12.6. The minimum atomic E-state index is -0.577. The first kappa shape index (κ1) is 33.8. The normalized spacial score (nSPS) is 11.9. The van der Waals surface area contributed by atoms with Crippen LogP contribution < -0.4 is 4.74 Å². The number of phenolic OH excluding ortho intramolecular Hbond substituents is 1. The number of ether oxygens (including phenoxy) is 3. The van der Waals surface area contributed by atoms with Gasteiger partial charge in [-0.05, 0) is 50.2 Å². The number of benzene rings is 1. The molecule has 0 saturated carbocycles. The van der Waals surface area contributed by atoms with Crippen molar-refractivity contribution < 1.29 is 28.9 Å². The molecule has 0 atom stereocenters. The summed E-state index contributed by atoms with van der Waals surface area (Å²) in [6.07, 6.45) is 10.5. The fraction of sp³-hybridized carbons (Fsp3) is 0.750. The first-order chi connectivity index (χ1) is 18.0. The van der Waals surface area contributed by atoms with Crippen LogP contribution in [-0.2, 0) is 29.9 Å². The molecule has 0 unspecified atom stereocenters. The van der Waals surface area contributed by atoms with E-state index in [0.29, 0.717) is 44.8 Å². The molecular formula is C32H54O6. The van der Waals surface area contributed by atoms with Gasteiger partial charge in [-0.15, -0.1) is 0 Å². The number of carbonyl (C=O) groups excluding carboxylic acids is 2. The lowest BCUT2D eigenvalue weighted by molar-refractivity contribution is -0.145. The number of carbonyl (C=O) groups is 2. The minimum absolute atomic E-state index is 0.161. The summed E-state index contributed by atoms with van der Waals surface area (Å²) in [5.41, 5.74) is 0.599. The Morgan fingerprint density at radius 1 is 0.737 bits per heavy atom. The quantitative estimate of drug-likeness (QED) is 0.134. The second kappa shape index (κ2) is 17.4. The molecule has 0 aliphatic carbocycles. The fourth-order valence-corrected chi connectivity index (χ4v) is 4.73. The van der Waals surface area contributed by atoms with Gasteiger partial charge in [0.05, 0.1) is 26.2 Å². The highest BCUT2D eigenvalue weighted by Crippen LogP contribution is 2.43. The van der Waals surface area contributed by atoms with Crippen LogP contribution >= 0.6 is 0 Å². The topological polar surface area (TPSA) is 82.1 Å². The molecule has 0 aliphatic heterocycles. The van der Waals surface area contributed by atoms with Crippen molar-refractivity contribution in [2.24, 2.45) is 0 Å². The predicted octanol–water partition coefficient (Wildman–Crippen LogP) is 8.15. The van der Waals surface area contributed by atoms with E-state index in [-0.39, 0.29) is 29.5 Å². The van der Waals surface area contributed by atoms with Gasteiger partial charge in [0, 0.05) is 23.0 Å². The van der Waals surface area contributed by atoms with Crippen LogP contribution in [0.3, 0.4) is 0 Å². The van der Waals surface area contributed by atoms with Crippen molar-refractivity contribution in [1.29, 1.82) is 0 Å². The van der Waals surface area contributed by atoms with Crippen molar-refractivity contribution in [3.05, 3.63) is 23.3 Å². The Balaban J connectivity index is 2.86. The highest BCUT2D eigenvalue weighted by atomic mass is 16.5. The highest BCUT2D eigenvalue weighted by Gasteiger charge is 2.32. The van der Waals surface area contributed by atoms with Crippen LogP contribution in [0.4, 0.5) is 0 Å². The Morgan fingerprint density at radius 3 is 1.87 bits per heavy atom. The van der Waals surface area contributed by atoms with E-state index in [2.05, 4.69) is 27.7 Å². The highest BCUT2D eigenvalue weighted by molar-refractivity contribution is 5.72. The van der Waals surface area contributed by atoms with Crippen LogP contribution in [0.15, 0.2) is 12.1 Å². The van der Waals surface area contributed by atoms with Gasteiger partial charge in [-0.25, -0.2) is 0 Å². The molecule has 1 rings (SSSR count). The van der Waals surface area contributed by atoms with Gasteiger partial charge in [-0.3, -0.25) is 9.59 Å². The van der Waals surface area contributed by atoms with Gasteiger partial charge in [0.1, 0.15) is 11.5 Å². The molecule has 0 amide bonds. The van der Waals surface area contributed by atoms with Crippen LogP contribution in [0.1, 0.15) is 137 Å². The molecule has 0 heterocycles. The van der Waals surface area contributed by atoms with Gasteiger partial charge in [0.2, 0.25) is 0 Å². The second-order valence-electron chi connectivity index (χ2n) is 11.7. The van der Waals surface area contributed by atoms with Gasteiger partial charge >= 0.3 is 11.9 Å². The molecule has 6 heteroatoms. The van der Waals surface area contributed by atoms with Crippen molar-refractivity contribution in [2.75, 3.05) is 19.8 Å². The second-order valence-corrected chi connectivity index (χ2v) is 11.7. The van der Waals surface area contributed by atoms with Crippen molar-refractivity contribution in [3.8, 4) is 11.5 Å².